The lowest BCUT2D eigenvalue weighted by Gasteiger charge is -2.39. The van der Waals surface area contributed by atoms with Gasteiger partial charge in [0.25, 0.3) is 0 Å². The van der Waals surface area contributed by atoms with Crippen molar-refractivity contribution in [3.63, 3.8) is 0 Å². The molecule has 0 aromatic carbocycles. The van der Waals surface area contributed by atoms with Gasteiger partial charge in [-0.1, -0.05) is 6.92 Å². The monoisotopic (exact) mass is 235 g/mol. The number of likely N-dealkylation sites (N-methyl/N-ethyl adjacent to an activating group) is 1. The normalized spacial score (nSPS) is 17.7. The second kappa shape index (κ2) is 5.31. The lowest BCUT2D eigenvalue weighted by atomic mass is 10.1. The topological polar surface area (TPSA) is 53.1 Å². The molecule has 5 nitrogen and oxygen atoms in total. The summed E-state index contributed by atoms with van der Waals surface area (Å²) in [6.07, 6.45) is 2.72. The van der Waals surface area contributed by atoms with Crippen LogP contribution in [0.5, 0.6) is 0 Å². The highest BCUT2D eigenvalue weighted by molar-refractivity contribution is 5.50. The molecule has 2 rings (SSSR count). The van der Waals surface area contributed by atoms with Crippen LogP contribution >= 0.6 is 0 Å². The summed E-state index contributed by atoms with van der Waals surface area (Å²) in [5.41, 5.74) is 0. The Kier molecular flexibility index (Phi) is 3.78. The summed E-state index contributed by atoms with van der Waals surface area (Å²) >= 11 is 0. The van der Waals surface area contributed by atoms with Gasteiger partial charge in [0.15, 0.2) is 0 Å². The smallest absolute Gasteiger partial charge is 0.134 e. The van der Waals surface area contributed by atoms with Gasteiger partial charge in [0.05, 0.1) is 0 Å². The van der Waals surface area contributed by atoms with E-state index >= 15 is 0 Å². The Morgan fingerprint density at radius 3 is 2.88 bits per heavy atom. The molecular weight excluding hydrogens is 214 g/mol. The van der Waals surface area contributed by atoms with E-state index in [-0.39, 0.29) is 0 Å². The summed E-state index contributed by atoms with van der Waals surface area (Å²) < 4.78 is 0. The van der Waals surface area contributed by atoms with Crippen LogP contribution in [0.25, 0.3) is 0 Å². The molecule has 0 radical (unpaired) electrons. The standard InChI is InChI=1S/C12H21N5/c1-4-9(2)16-11-5-12(15-8-14-11)17-6-10(7-17)13-3/h5,8-10,13H,4,6-7H2,1-3H3,(H,14,15,16). The van der Waals surface area contributed by atoms with Crippen LogP contribution in [0.15, 0.2) is 12.4 Å². The van der Waals surface area contributed by atoms with Gasteiger partial charge in [0.2, 0.25) is 0 Å². The fourth-order valence-corrected chi connectivity index (χ4v) is 1.80. The zero-order valence-electron chi connectivity index (χ0n) is 10.8. The first kappa shape index (κ1) is 12.1. The molecule has 0 spiro atoms. The van der Waals surface area contributed by atoms with Crippen molar-refractivity contribution in [3.8, 4) is 0 Å². The van der Waals surface area contributed by atoms with Gasteiger partial charge in [0.1, 0.15) is 18.0 Å². The van der Waals surface area contributed by atoms with Crippen molar-refractivity contribution in [2.45, 2.75) is 32.4 Å². The van der Waals surface area contributed by atoms with Crippen LogP contribution in [-0.2, 0) is 0 Å². The van der Waals surface area contributed by atoms with E-state index < -0.39 is 0 Å². The van der Waals surface area contributed by atoms with Crippen LogP contribution in [-0.4, -0.2) is 42.2 Å². The number of anilines is 2. The molecule has 1 aromatic rings. The third-order valence-corrected chi connectivity index (χ3v) is 3.27. The lowest BCUT2D eigenvalue weighted by Crippen LogP contribution is -2.57. The van der Waals surface area contributed by atoms with E-state index in [2.05, 4.69) is 39.3 Å². The molecule has 2 heterocycles. The second-order valence-corrected chi connectivity index (χ2v) is 4.61. The fourth-order valence-electron chi connectivity index (χ4n) is 1.80. The Bertz CT molecular complexity index is 362. The van der Waals surface area contributed by atoms with Crippen molar-refractivity contribution in [2.24, 2.45) is 0 Å². The van der Waals surface area contributed by atoms with Crippen molar-refractivity contribution in [1.29, 1.82) is 0 Å². The van der Waals surface area contributed by atoms with Gasteiger partial charge in [-0.2, -0.15) is 0 Å². The Morgan fingerprint density at radius 1 is 1.47 bits per heavy atom. The summed E-state index contributed by atoms with van der Waals surface area (Å²) in [5.74, 6) is 1.93. The molecule has 0 bridgehead atoms. The second-order valence-electron chi connectivity index (χ2n) is 4.61. The summed E-state index contributed by atoms with van der Waals surface area (Å²) in [6.45, 7) is 6.36. The molecular formula is C12H21N5. The number of aromatic nitrogens is 2. The highest BCUT2D eigenvalue weighted by atomic mass is 15.3. The van der Waals surface area contributed by atoms with E-state index in [1.54, 1.807) is 6.33 Å². The first-order valence-electron chi connectivity index (χ1n) is 6.23. The predicted molar refractivity (Wildman–Crippen MR) is 70.5 cm³/mol. The molecule has 94 valence electrons. The van der Waals surface area contributed by atoms with Gasteiger partial charge in [-0.05, 0) is 20.4 Å². The number of nitrogens with one attached hydrogen (secondary N) is 2. The van der Waals surface area contributed by atoms with Crippen molar-refractivity contribution in [3.05, 3.63) is 12.4 Å². The maximum absolute atomic E-state index is 4.31. The molecule has 17 heavy (non-hydrogen) atoms. The minimum atomic E-state index is 0.444. The molecule has 1 aromatic heterocycles. The van der Waals surface area contributed by atoms with Crippen molar-refractivity contribution in [1.82, 2.24) is 15.3 Å². The Hall–Kier alpha value is -1.36. The van der Waals surface area contributed by atoms with E-state index in [0.29, 0.717) is 12.1 Å². The largest absolute Gasteiger partial charge is 0.367 e. The number of hydrogen-bond donors (Lipinski definition) is 2. The highest BCUT2D eigenvalue weighted by Crippen LogP contribution is 2.20. The Balaban J connectivity index is 1.97. The Labute approximate surface area is 103 Å². The average molecular weight is 235 g/mol. The zero-order chi connectivity index (χ0) is 12.3. The first-order valence-corrected chi connectivity index (χ1v) is 6.23. The molecule has 1 unspecified atom stereocenters. The van der Waals surface area contributed by atoms with Crippen LogP contribution < -0.4 is 15.5 Å². The minimum Gasteiger partial charge on any atom is -0.367 e. The van der Waals surface area contributed by atoms with E-state index in [9.17, 15) is 0 Å². The van der Waals surface area contributed by atoms with Crippen LogP contribution in [0.2, 0.25) is 0 Å². The van der Waals surface area contributed by atoms with Crippen LogP contribution in [0.1, 0.15) is 20.3 Å². The molecule has 5 heteroatoms. The molecule has 1 fully saturated rings. The highest BCUT2D eigenvalue weighted by Gasteiger charge is 2.26. The van der Waals surface area contributed by atoms with E-state index in [1.807, 2.05) is 13.1 Å². The number of nitrogens with zero attached hydrogens (tertiary/aromatic N) is 3. The minimum absolute atomic E-state index is 0.444. The molecule has 0 aliphatic carbocycles. The van der Waals surface area contributed by atoms with Gasteiger partial charge >= 0.3 is 0 Å². The first-order chi connectivity index (χ1) is 8.22. The maximum Gasteiger partial charge on any atom is 0.134 e. The molecule has 1 aliphatic rings. The SMILES string of the molecule is CCC(C)Nc1cc(N2CC(NC)C2)ncn1. The molecule has 0 saturated carbocycles. The molecule has 1 atom stereocenters. The quantitative estimate of drug-likeness (QED) is 0.800. The molecule has 2 N–H and O–H groups in total. The van der Waals surface area contributed by atoms with E-state index in [1.165, 1.54) is 0 Å². The zero-order valence-corrected chi connectivity index (χ0v) is 10.8. The lowest BCUT2D eigenvalue weighted by molar-refractivity contribution is 0.447. The summed E-state index contributed by atoms with van der Waals surface area (Å²) in [6, 6.07) is 3.06. The summed E-state index contributed by atoms with van der Waals surface area (Å²) in [7, 11) is 2.00. The van der Waals surface area contributed by atoms with Gasteiger partial charge in [-0.3, -0.25) is 0 Å². The third kappa shape index (κ3) is 2.85. The van der Waals surface area contributed by atoms with Gasteiger partial charge in [0, 0.05) is 31.2 Å². The Morgan fingerprint density at radius 2 is 2.24 bits per heavy atom. The number of hydrogen-bond acceptors (Lipinski definition) is 5. The van der Waals surface area contributed by atoms with Crippen molar-refractivity contribution in [2.75, 3.05) is 30.4 Å². The van der Waals surface area contributed by atoms with Crippen LogP contribution in [0.3, 0.4) is 0 Å². The van der Waals surface area contributed by atoms with Crippen LogP contribution in [0, 0.1) is 0 Å². The molecule has 1 saturated heterocycles. The van der Waals surface area contributed by atoms with Crippen molar-refractivity contribution >= 4 is 11.6 Å². The van der Waals surface area contributed by atoms with E-state index in [4.69, 9.17) is 0 Å². The predicted octanol–water partition coefficient (Wildman–Crippen LogP) is 1.09. The molecule has 1 aliphatic heterocycles. The third-order valence-electron chi connectivity index (χ3n) is 3.27. The maximum atomic E-state index is 4.31. The molecule has 0 amide bonds. The van der Waals surface area contributed by atoms with Crippen LogP contribution in [0.4, 0.5) is 11.6 Å². The van der Waals surface area contributed by atoms with E-state index in [0.717, 1.165) is 31.1 Å². The fraction of sp³-hybridized carbons (Fsp3) is 0.667. The van der Waals surface area contributed by atoms with Gasteiger partial charge in [-0.15, -0.1) is 0 Å². The average Bonchev–Trinajstić information content (AvgIpc) is 2.28. The van der Waals surface area contributed by atoms with Gasteiger partial charge in [-0.25, -0.2) is 9.97 Å². The van der Waals surface area contributed by atoms with Gasteiger partial charge < -0.3 is 15.5 Å². The summed E-state index contributed by atoms with van der Waals surface area (Å²) in [4.78, 5) is 10.8. The van der Waals surface area contributed by atoms with Crippen molar-refractivity contribution < 1.29 is 0 Å². The number of rotatable bonds is 5. The summed E-state index contributed by atoms with van der Waals surface area (Å²) in [5, 5.41) is 6.62.